The molecule has 0 saturated heterocycles. The van der Waals surface area contributed by atoms with Crippen molar-refractivity contribution in [3.63, 3.8) is 0 Å². The van der Waals surface area contributed by atoms with Crippen LogP contribution in [-0.2, 0) is 7.05 Å². The second-order valence-corrected chi connectivity index (χ2v) is 4.06. The Kier molecular flexibility index (Phi) is 4.42. The first-order chi connectivity index (χ1) is 7.56. The number of carbonyl (C=O) groups excluding carboxylic acids is 1. The summed E-state index contributed by atoms with van der Waals surface area (Å²) in [5.74, 6) is -0.0883. The predicted molar refractivity (Wildman–Crippen MR) is 66.2 cm³/mol. The SMILES string of the molecule is CCCN(CC(N)=S)C(=O)c1ccnn1C. The van der Waals surface area contributed by atoms with Gasteiger partial charge in [0.25, 0.3) is 5.91 Å². The second kappa shape index (κ2) is 5.60. The van der Waals surface area contributed by atoms with Crippen LogP contribution in [0.5, 0.6) is 0 Å². The van der Waals surface area contributed by atoms with Gasteiger partial charge in [-0.05, 0) is 12.5 Å². The van der Waals surface area contributed by atoms with Crippen molar-refractivity contribution in [3.05, 3.63) is 18.0 Å². The van der Waals surface area contributed by atoms with Crippen LogP contribution in [0, 0.1) is 0 Å². The lowest BCUT2D eigenvalue weighted by Gasteiger charge is -2.21. The van der Waals surface area contributed by atoms with Crippen LogP contribution < -0.4 is 5.73 Å². The van der Waals surface area contributed by atoms with Gasteiger partial charge in [0, 0.05) is 19.8 Å². The van der Waals surface area contributed by atoms with E-state index in [2.05, 4.69) is 5.10 Å². The van der Waals surface area contributed by atoms with E-state index in [1.807, 2.05) is 6.92 Å². The molecular weight excluding hydrogens is 224 g/mol. The van der Waals surface area contributed by atoms with Crippen molar-refractivity contribution in [3.8, 4) is 0 Å². The Labute approximate surface area is 100 Å². The van der Waals surface area contributed by atoms with Crippen LogP contribution in [0.4, 0.5) is 0 Å². The monoisotopic (exact) mass is 240 g/mol. The molecule has 88 valence electrons. The number of hydrogen-bond acceptors (Lipinski definition) is 3. The zero-order valence-corrected chi connectivity index (χ0v) is 10.3. The van der Waals surface area contributed by atoms with Crippen LogP contribution >= 0.6 is 12.2 Å². The van der Waals surface area contributed by atoms with Gasteiger partial charge < -0.3 is 10.6 Å². The minimum Gasteiger partial charge on any atom is -0.392 e. The van der Waals surface area contributed by atoms with Gasteiger partial charge in [-0.2, -0.15) is 5.10 Å². The summed E-state index contributed by atoms with van der Waals surface area (Å²) < 4.78 is 1.55. The molecule has 0 radical (unpaired) electrons. The molecule has 0 saturated carbocycles. The summed E-state index contributed by atoms with van der Waals surface area (Å²) >= 11 is 4.83. The highest BCUT2D eigenvalue weighted by Crippen LogP contribution is 2.04. The first-order valence-electron chi connectivity index (χ1n) is 5.11. The topological polar surface area (TPSA) is 64.2 Å². The summed E-state index contributed by atoms with van der Waals surface area (Å²) in [6, 6.07) is 1.69. The normalized spacial score (nSPS) is 10.1. The highest BCUT2D eigenvalue weighted by Gasteiger charge is 2.18. The second-order valence-electron chi connectivity index (χ2n) is 3.53. The van der Waals surface area contributed by atoms with E-state index in [-0.39, 0.29) is 5.91 Å². The number of aromatic nitrogens is 2. The van der Waals surface area contributed by atoms with Gasteiger partial charge in [-0.1, -0.05) is 19.1 Å². The highest BCUT2D eigenvalue weighted by molar-refractivity contribution is 7.80. The molecule has 0 spiro atoms. The number of hydrogen-bond donors (Lipinski definition) is 1. The zero-order valence-electron chi connectivity index (χ0n) is 9.51. The fourth-order valence-corrected chi connectivity index (χ4v) is 1.61. The lowest BCUT2D eigenvalue weighted by atomic mass is 10.3. The average Bonchev–Trinajstić information content (AvgIpc) is 2.62. The number of thiocarbonyl (C=S) groups is 1. The minimum absolute atomic E-state index is 0.0883. The Morgan fingerprint density at radius 1 is 1.69 bits per heavy atom. The number of aryl methyl sites for hydroxylation is 1. The first kappa shape index (κ1) is 12.6. The van der Waals surface area contributed by atoms with E-state index in [1.54, 1.807) is 28.9 Å². The third-order valence-corrected chi connectivity index (χ3v) is 2.30. The highest BCUT2D eigenvalue weighted by atomic mass is 32.1. The number of nitrogens with two attached hydrogens (primary N) is 1. The average molecular weight is 240 g/mol. The zero-order chi connectivity index (χ0) is 12.1. The van der Waals surface area contributed by atoms with E-state index >= 15 is 0 Å². The largest absolute Gasteiger partial charge is 0.392 e. The molecule has 16 heavy (non-hydrogen) atoms. The first-order valence-corrected chi connectivity index (χ1v) is 5.52. The van der Waals surface area contributed by atoms with E-state index in [0.29, 0.717) is 23.8 Å². The van der Waals surface area contributed by atoms with Gasteiger partial charge in [-0.25, -0.2) is 0 Å². The summed E-state index contributed by atoms with van der Waals surface area (Å²) in [6.07, 6.45) is 2.46. The number of amides is 1. The molecule has 5 nitrogen and oxygen atoms in total. The van der Waals surface area contributed by atoms with E-state index < -0.39 is 0 Å². The van der Waals surface area contributed by atoms with Crippen LogP contribution in [0.2, 0.25) is 0 Å². The van der Waals surface area contributed by atoms with Gasteiger partial charge in [0.15, 0.2) is 0 Å². The Morgan fingerprint density at radius 3 is 2.81 bits per heavy atom. The van der Waals surface area contributed by atoms with Crippen LogP contribution in [0.3, 0.4) is 0 Å². The quantitative estimate of drug-likeness (QED) is 0.764. The Morgan fingerprint density at radius 2 is 2.38 bits per heavy atom. The van der Waals surface area contributed by atoms with Gasteiger partial charge in [0.1, 0.15) is 5.69 Å². The minimum atomic E-state index is -0.0883. The van der Waals surface area contributed by atoms with Gasteiger partial charge in [-0.3, -0.25) is 9.48 Å². The maximum absolute atomic E-state index is 12.1. The molecule has 0 bridgehead atoms. The van der Waals surface area contributed by atoms with E-state index in [9.17, 15) is 4.79 Å². The van der Waals surface area contributed by atoms with Crippen molar-refractivity contribution in [1.82, 2.24) is 14.7 Å². The summed E-state index contributed by atoms with van der Waals surface area (Å²) in [6.45, 7) is 2.96. The van der Waals surface area contributed by atoms with Gasteiger partial charge >= 0.3 is 0 Å². The van der Waals surface area contributed by atoms with Crippen LogP contribution in [0.15, 0.2) is 12.3 Å². The fourth-order valence-electron chi connectivity index (χ4n) is 1.46. The summed E-state index contributed by atoms with van der Waals surface area (Å²) in [5.41, 5.74) is 6.01. The lowest BCUT2D eigenvalue weighted by Crippen LogP contribution is -2.39. The molecular formula is C10H16N4OS. The molecule has 2 N–H and O–H groups in total. The van der Waals surface area contributed by atoms with E-state index in [1.165, 1.54) is 0 Å². The van der Waals surface area contributed by atoms with Crippen molar-refractivity contribution in [2.45, 2.75) is 13.3 Å². The van der Waals surface area contributed by atoms with Crippen molar-refractivity contribution in [2.75, 3.05) is 13.1 Å². The van der Waals surface area contributed by atoms with Crippen molar-refractivity contribution < 1.29 is 4.79 Å². The van der Waals surface area contributed by atoms with Crippen LogP contribution in [0.1, 0.15) is 23.8 Å². The molecule has 1 aromatic heterocycles. The van der Waals surface area contributed by atoms with Crippen molar-refractivity contribution in [2.24, 2.45) is 12.8 Å². The molecule has 0 unspecified atom stereocenters. The van der Waals surface area contributed by atoms with Crippen LogP contribution in [0.25, 0.3) is 0 Å². The Hall–Kier alpha value is -1.43. The predicted octanol–water partition coefficient (Wildman–Crippen LogP) is 0.558. The molecule has 0 aliphatic rings. The fraction of sp³-hybridized carbons (Fsp3) is 0.500. The maximum Gasteiger partial charge on any atom is 0.272 e. The molecule has 0 aliphatic carbocycles. The Bertz CT molecular complexity index is 388. The smallest absolute Gasteiger partial charge is 0.272 e. The van der Waals surface area contributed by atoms with Crippen molar-refractivity contribution in [1.29, 1.82) is 0 Å². The standard InChI is InChI=1S/C10H16N4OS/c1-3-6-14(7-9(11)16)10(15)8-4-5-12-13(8)2/h4-5H,3,6-7H2,1-2H3,(H2,11,16). The summed E-state index contributed by atoms with van der Waals surface area (Å²) in [5, 5.41) is 3.96. The van der Waals surface area contributed by atoms with Crippen molar-refractivity contribution >= 4 is 23.1 Å². The molecule has 0 aromatic carbocycles. The molecule has 1 aromatic rings. The van der Waals surface area contributed by atoms with Crippen LogP contribution in [-0.4, -0.2) is 38.7 Å². The van der Waals surface area contributed by atoms with Gasteiger partial charge in [0.2, 0.25) is 0 Å². The lowest BCUT2D eigenvalue weighted by molar-refractivity contribution is 0.0769. The molecule has 0 fully saturated rings. The van der Waals surface area contributed by atoms with Gasteiger partial charge in [-0.15, -0.1) is 0 Å². The Balaban J connectivity index is 2.82. The van der Waals surface area contributed by atoms with E-state index in [4.69, 9.17) is 18.0 Å². The third kappa shape index (κ3) is 3.03. The number of nitrogens with zero attached hydrogens (tertiary/aromatic N) is 3. The number of carbonyl (C=O) groups is 1. The molecule has 6 heteroatoms. The molecule has 0 atom stereocenters. The molecule has 1 rings (SSSR count). The molecule has 1 amide bonds. The summed E-state index contributed by atoms with van der Waals surface area (Å²) in [7, 11) is 1.73. The maximum atomic E-state index is 12.1. The third-order valence-electron chi connectivity index (χ3n) is 2.17. The molecule has 0 aliphatic heterocycles. The molecule has 1 heterocycles. The van der Waals surface area contributed by atoms with Gasteiger partial charge in [0.05, 0.1) is 11.5 Å². The number of rotatable bonds is 5. The van der Waals surface area contributed by atoms with E-state index in [0.717, 1.165) is 6.42 Å². The summed E-state index contributed by atoms with van der Waals surface area (Å²) in [4.78, 5) is 14.1.